The molecule has 0 fully saturated rings. The second-order valence-electron chi connectivity index (χ2n) is 6.75. The Bertz CT molecular complexity index is 819. The zero-order valence-corrected chi connectivity index (χ0v) is 15.9. The van der Waals surface area contributed by atoms with Crippen molar-refractivity contribution in [2.75, 3.05) is 18.5 Å². The lowest BCUT2D eigenvalue weighted by molar-refractivity contribution is -0.129. The minimum Gasteiger partial charge on any atom is -0.373 e. The molecule has 0 aliphatic carbocycles. The summed E-state index contributed by atoms with van der Waals surface area (Å²) >= 11 is 0. The Kier molecular flexibility index (Phi) is 6.24. The zero-order chi connectivity index (χ0) is 19.2. The van der Waals surface area contributed by atoms with E-state index in [1.807, 2.05) is 49.4 Å². The van der Waals surface area contributed by atoms with Crippen molar-refractivity contribution in [1.82, 2.24) is 4.90 Å². The molecule has 1 atom stereocenters. The summed E-state index contributed by atoms with van der Waals surface area (Å²) in [4.78, 5) is 26.1. The Morgan fingerprint density at radius 1 is 1.15 bits per heavy atom. The highest BCUT2D eigenvalue weighted by atomic mass is 16.5. The van der Waals surface area contributed by atoms with E-state index in [2.05, 4.69) is 11.4 Å². The number of amides is 2. The molecule has 5 nitrogen and oxygen atoms in total. The van der Waals surface area contributed by atoms with E-state index in [-0.39, 0.29) is 24.3 Å². The third-order valence-corrected chi connectivity index (χ3v) is 4.94. The van der Waals surface area contributed by atoms with Gasteiger partial charge >= 0.3 is 0 Å². The molecule has 0 spiro atoms. The fourth-order valence-electron chi connectivity index (χ4n) is 3.45. The maximum absolute atomic E-state index is 12.7. The van der Waals surface area contributed by atoms with E-state index < -0.39 is 0 Å². The summed E-state index contributed by atoms with van der Waals surface area (Å²) in [6.45, 7) is 5.24. The molecule has 1 heterocycles. The first-order chi connectivity index (χ1) is 13.1. The molecule has 27 heavy (non-hydrogen) atoms. The number of para-hydroxylation sites is 1. The number of nitrogens with zero attached hydrogens (tertiary/aromatic N) is 1. The molecule has 1 aliphatic heterocycles. The molecule has 2 aromatic rings. The number of ether oxygens (including phenoxy) is 1. The summed E-state index contributed by atoms with van der Waals surface area (Å²) in [6.07, 6.45) is 0.941. The Labute approximate surface area is 160 Å². The number of rotatable bonds is 6. The molecule has 0 saturated carbocycles. The van der Waals surface area contributed by atoms with Gasteiger partial charge in [-0.3, -0.25) is 9.59 Å². The van der Waals surface area contributed by atoms with Crippen LogP contribution in [0.25, 0.3) is 0 Å². The van der Waals surface area contributed by atoms with Gasteiger partial charge in [-0.25, -0.2) is 0 Å². The van der Waals surface area contributed by atoms with E-state index >= 15 is 0 Å². The number of carbonyl (C=O) groups is 2. The minimum atomic E-state index is -0.216. The van der Waals surface area contributed by atoms with Gasteiger partial charge in [0.2, 0.25) is 11.8 Å². The predicted octanol–water partition coefficient (Wildman–Crippen LogP) is 3.70. The van der Waals surface area contributed by atoms with E-state index in [1.54, 1.807) is 11.8 Å². The number of hydrogen-bond donors (Lipinski definition) is 1. The van der Waals surface area contributed by atoms with Gasteiger partial charge < -0.3 is 15.0 Å². The first-order valence-electron chi connectivity index (χ1n) is 9.41. The van der Waals surface area contributed by atoms with E-state index in [1.165, 1.54) is 5.56 Å². The molecule has 0 saturated heterocycles. The predicted molar refractivity (Wildman–Crippen MR) is 105 cm³/mol. The molecule has 0 bridgehead atoms. The van der Waals surface area contributed by atoms with Crippen molar-refractivity contribution in [2.45, 2.75) is 39.3 Å². The smallest absolute Gasteiger partial charge is 0.227 e. The quantitative estimate of drug-likeness (QED) is 0.848. The van der Waals surface area contributed by atoms with Gasteiger partial charge in [-0.1, -0.05) is 42.5 Å². The molecule has 142 valence electrons. The van der Waals surface area contributed by atoms with Crippen LogP contribution in [0.4, 0.5) is 5.69 Å². The maximum Gasteiger partial charge on any atom is 0.227 e. The van der Waals surface area contributed by atoms with Crippen LogP contribution in [0.3, 0.4) is 0 Å². The van der Waals surface area contributed by atoms with Gasteiger partial charge in [0, 0.05) is 25.7 Å². The molecule has 1 unspecified atom stereocenters. The van der Waals surface area contributed by atoms with E-state index in [9.17, 15) is 9.59 Å². The SMILES string of the molecule is CCN(Cc1ccccc1NC(=O)CC1OCCc2ccccc21)C(C)=O. The number of anilines is 1. The monoisotopic (exact) mass is 366 g/mol. The topological polar surface area (TPSA) is 58.6 Å². The third kappa shape index (κ3) is 4.74. The summed E-state index contributed by atoms with van der Waals surface area (Å²) in [5.41, 5.74) is 4.02. The molecule has 2 aromatic carbocycles. The van der Waals surface area contributed by atoms with Crippen LogP contribution in [0.5, 0.6) is 0 Å². The van der Waals surface area contributed by atoms with Crippen LogP contribution in [0, 0.1) is 0 Å². The van der Waals surface area contributed by atoms with Gasteiger partial charge in [0.05, 0.1) is 19.1 Å². The Hall–Kier alpha value is -2.66. The number of carbonyl (C=O) groups excluding carboxylic acids is 2. The molecule has 0 aromatic heterocycles. The fraction of sp³-hybridized carbons (Fsp3) is 0.364. The first-order valence-corrected chi connectivity index (χ1v) is 9.41. The first kappa shape index (κ1) is 19.1. The van der Waals surface area contributed by atoms with Gasteiger partial charge in [-0.05, 0) is 36.1 Å². The number of benzene rings is 2. The van der Waals surface area contributed by atoms with Crippen molar-refractivity contribution in [2.24, 2.45) is 0 Å². The number of nitrogens with one attached hydrogen (secondary N) is 1. The van der Waals surface area contributed by atoms with Crippen LogP contribution in [0.2, 0.25) is 0 Å². The van der Waals surface area contributed by atoms with Crippen molar-refractivity contribution >= 4 is 17.5 Å². The zero-order valence-electron chi connectivity index (χ0n) is 15.9. The van der Waals surface area contributed by atoms with Gasteiger partial charge in [0.25, 0.3) is 0 Å². The standard InChI is InChI=1S/C22H26N2O3/c1-3-24(16(2)25)15-18-9-5-7-11-20(18)23-22(26)14-21-19-10-6-4-8-17(19)12-13-27-21/h4-11,21H,3,12-15H2,1-2H3,(H,23,26). The summed E-state index contributed by atoms with van der Waals surface area (Å²) in [5, 5.41) is 3.00. The second-order valence-corrected chi connectivity index (χ2v) is 6.75. The van der Waals surface area contributed by atoms with Gasteiger partial charge in [-0.2, -0.15) is 0 Å². The van der Waals surface area contributed by atoms with Gasteiger partial charge in [0.15, 0.2) is 0 Å². The molecule has 2 amide bonds. The van der Waals surface area contributed by atoms with E-state index in [0.29, 0.717) is 19.7 Å². The van der Waals surface area contributed by atoms with Crippen molar-refractivity contribution in [3.8, 4) is 0 Å². The molecular weight excluding hydrogens is 340 g/mol. The average Bonchev–Trinajstić information content (AvgIpc) is 2.67. The van der Waals surface area contributed by atoms with Crippen molar-refractivity contribution in [3.63, 3.8) is 0 Å². The van der Waals surface area contributed by atoms with Crippen molar-refractivity contribution in [1.29, 1.82) is 0 Å². The van der Waals surface area contributed by atoms with Crippen LogP contribution in [-0.4, -0.2) is 29.9 Å². The highest BCUT2D eigenvalue weighted by molar-refractivity contribution is 5.92. The lowest BCUT2D eigenvalue weighted by Gasteiger charge is -2.26. The number of fused-ring (bicyclic) bond motifs is 1. The van der Waals surface area contributed by atoms with Crippen molar-refractivity contribution in [3.05, 3.63) is 65.2 Å². The average molecular weight is 366 g/mol. The molecular formula is C22H26N2O3. The van der Waals surface area contributed by atoms with E-state index in [0.717, 1.165) is 23.2 Å². The van der Waals surface area contributed by atoms with E-state index in [4.69, 9.17) is 4.74 Å². The van der Waals surface area contributed by atoms with Crippen LogP contribution in [0.15, 0.2) is 48.5 Å². The van der Waals surface area contributed by atoms with Crippen LogP contribution < -0.4 is 5.32 Å². The Morgan fingerprint density at radius 3 is 2.67 bits per heavy atom. The maximum atomic E-state index is 12.7. The normalized spacial score (nSPS) is 15.7. The fourth-order valence-corrected chi connectivity index (χ4v) is 3.45. The van der Waals surface area contributed by atoms with Crippen LogP contribution >= 0.6 is 0 Å². The lowest BCUT2D eigenvalue weighted by atomic mass is 9.95. The molecule has 5 heteroatoms. The van der Waals surface area contributed by atoms with Crippen molar-refractivity contribution < 1.29 is 14.3 Å². The van der Waals surface area contributed by atoms with Crippen LogP contribution in [0.1, 0.15) is 43.1 Å². The molecule has 1 N–H and O–H groups in total. The molecule has 0 radical (unpaired) electrons. The summed E-state index contributed by atoms with van der Waals surface area (Å²) in [7, 11) is 0. The largest absolute Gasteiger partial charge is 0.373 e. The Morgan fingerprint density at radius 2 is 1.89 bits per heavy atom. The van der Waals surface area contributed by atoms with Gasteiger partial charge in [-0.15, -0.1) is 0 Å². The molecule has 1 aliphatic rings. The summed E-state index contributed by atoms with van der Waals surface area (Å²) < 4.78 is 5.84. The third-order valence-electron chi connectivity index (χ3n) is 4.94. The highest BCUT2D eigenvalue weighted by Gasteiger charge is 2.23. The van der Waals surface area contributed by atoms with Gasteiger partial charge in [0.1, 0.15) is 0 Å². The summed E-state index contributed by atoms with van der Waals surface area (Å²) in [5.74, 6) is -0.0686. The van der Waals surface area contributed by atoms with Crippen LogP contribution in [-0.2, 0) is 27.3 Å². The highest BCUT2D eigenvalue weighted by Crippen LogP contribution is 2.30. The lowest BCUT2D eigenvalue weighted by Crippen LogP contribution is -2.28. The minimum absolute atomic E-state index is 0.0193. The molecule has 3 rings (SSSR count). The Balaban J connectivity index is 1.69. The summed E-state index contributed by atoms with van der Waals surface area (Å²) in [6, 6.07) is 15.7. The number of hydrogen-bond acceptors (Lipinski definition) is 3. The second kappa shape index (κ2) is 8.82.